The third-order valence-electron chi connectivity index (χ3n) is 4.54. The van der Waals surface area contributed by atoms with Gasteiger partial charge in [-0.1, -0.05) is 0 Å². The molecule has 4 heteroatoms. The molecule has 84 valence electrons. The average Bonchev–Trinajstić information content (AvgIpc) is 2.94. The third kappa shape index (κ3) is 1.24. The minimum Gasteiger partial charge on any atom is -0.368 e. The molecule has 3 fully saturated rings. The largest absolute Gasteiger partial charge is 0.368 e. The van der Waals surface area contributed by atoms with Gasteiger partial charge in [0.1, 0.15) is 5.54 Å². The lowest BCUT2D eigenvalue weighted by atomic mass is 9.89. The van der Waals surface area contributed by atoms with Gasteiger partial charge in [-0.3, -0.25) is 9.69 Å². The van der Waals surface area contributed by atoms with E-state index in [1.807, 2.05) is 0 Å². The maximum atomic E-state index is 11.8. The van der Waals surface area contributed by atoms with Gasteiger partial charge in [0.25, 0.3) is 0 Å². The number of hydrogen-bond acceptors (Lipinski definition) is 3. The summed E-state index contributed by atoms with van der Waals surface area (Å²) < 4.78 is 0. The molecular formula is C11H19N3O. The van der Waals surface area contributed by atoms with Gasteiger partial charge in [0.15, 0.2) is 0 Å². The predicted octanol–water partition coefficient (Wildman–Crippen LogP) is -0.454. The summed E-state index contributed by atoms with van der Waals surface area (Å²) in [6, 6.07) is 0. The quantitative estimate of drug-likeness (QED) is 0.647. The maximum absolute atomic E-state index is 11.8. The van der Waals surface area contributed by atoms with E-state index in [1.165, 1.54) is 12.8 Å². The molecule has 0 aromatic carbocycles. The molecule has 15 heavy (non-hydrogen) atoms. The third-order valence-corrected chi connectivity index (χ3v) is 4.54. The van der Waals surface area contributed by atoms with Crippen molar-refractivity contribution in [3.05, 3.63) is 0 Å². The molecule has 2 saturated carbocycles. The molecule has 3 atom stereocenters. The Balaban J connectivity index is 1.86. The van der Waals surface area contributed by atoms with E-state index in [4.69, 9.17) is 5.73 Å². The SMILES string of the molecule is NC(=O)C1(N2CCNCC2)CCC2CC21. The predicted molar refractivity (Wildman–Crippen MR) is 57.2 cm³/mol. The van der Waals surface area contributed by atoms with Gasteiger partial charge in [0, 0.05) is 26.2 Å². The summed E-state index contributed by atoms with van der Waals surface area (Å²) in [5.41, 5.74) is 5.41. The van der Waals surface area contributed by atoms with Gasteiger partial charge in [-0.25, -0.2) is 0 Å². The van der Waals surface area contributed by atoms with Crippen molar-refractivity contribution in [2.45, 2.75) is 24.8 Å². The van der Waals surface area contributed by atoms with E-state index in [1.54, 1.807) is 0 Å². The van der Waals surface area contributed by atoms with E-state index >= 15 is 0 Å². The highest BCUT2D eigenvalue weighted by Crippen LogP contribution is 2.59. The number of nitrogens with two attached hydrogens (primary N) is 1. The van der Waals surface area contributed by atoms with E-state index in [2.05, 4.69) is 10.2 Å². The number of fused-ring (bicyclic) bond motifs is 1. The molecule has 4 nitrogen and oxygen atoms in total. The summed E-state index contributed by atoms with van der Waals surface area (Å²) in [7, 11) is 0. The van der Waals surface area contributed by atoms with Crippen LogP contribution in [0.1, 0.15) is 19.3 Å². The molecule has 0 bridgehead atoms. The van der Waals surface area contributed by atoms with Gasteiger partial charge in [0.05, 0.1) is 0 Å². The number of nitrogens with one attached hydrogen (secondary N) is 1. The number of carbonyl (C=O) groups excluding carboxylic acids is 1. The smallest absolute Gasteiger partial charge is 0.238 e. The number of amides is 1. The molecule has 0 radical (unpaired) electrons. The Labute approximate surface area is 90.2 Å². The maximum Gasteiger partial charge on any atom is 0.238 e. The highest BCUT2D eigenvalue weighted by molar-refractivity contribution is 5.86. The highest BCUT2D eigenvalue weighted by atomic mass is 16.1. The summed E-state index contributed by atoms with van der Waals surface area (Å²) in [5, 5.41) is 3.33. The Hall–Kier alpha value is -0.610. The molecule has 1 aliphatic heterocycles. The molecule has 3 rings (SSSR count). The summed E-state index contributed by atoms with van der Waals surface area (Å²) >= 11 is 0. The number of primary amides is 1. The first-order chi connectivity index (χ1) is 7.25. The summed E-state index contributed by atoms with van der Waals surface area (Å²) in [4.78, 5) is 14.2. The lowest BCUT2D eigenvalue weighted by Crippen LogP contribution is -2.62. The molecular weight excluding hydrogens is 190 g/mol. The number of rotatable bonds is 2. The first kappa shape index (κ1) is 9.60. The van der Waals surface area contributed by atoms with Crippen molar-refractivity contribution in [3.8, 4) is 0 Å². The van der Waals surface area contributed by atoms with Crippen molar-refractivity contribution in [2.24, 2.45) is 17.6 Å². The van der Waals surface area contributed by atoms with Gasteiger partial charge >= 0.3 is 0 Å². The molecule has 3 N–H and O–H groups in total. The van der Waals surface area contributed by atoms with Crippen molar-refractivity contribution >= 4 is 5.91 Å². The Kier molecular flexibility index (Phi) is 2.04. The summed E-state index contributed by atoms with van der Waals surface area (Å²) in [6.07, 6.45) is 3.43. The molecule has 1 heterocycles. The second kappa shape index (κ2) is 3.19. The fraction of sp³-hybridized carbons (Fsp3) is 0.909. The summed E-state index contributed by atoms with van der Waals surface area (Å²) in [5.74, 6) is 1.30. The van der Waals surface area contributed by atoms with E-state index in [0.717, 1.165) is 38.5 Å². The number of carbonyl (C=O) groups is 1. The van der Waals surface area contributed by atoms with Crippen molar-refractivity contribution in [1.82, 2.24) is 10.2 Å². The van der Waals surface area contributed by atoms with E-state index in [9.17, 15) is 4.79 Å². The minimum absolute atomic E-state index is 0.0746. The van der Waals surface area contributed by atoms with Crippen LogP contribution < -0.4 is 11.1 Å². The van der Waals surface area contributed by atoms with Crippen LogP contribution in [0, 0.1) is 11.8 Å². The van der Waals surface area contributed by atoms with E-state index < -0.39 is 0 Å². The van der Waals surface area contributed by atoms with Gasteiger partial charge in [0.2, 0.25) is 5.91 Å². The highest BCUT2D eigenvalue weighted by Gasteiger charge is 2.63. The van der Waals surface area contributed by atoms with Crippen LogP contribution in [0.3, 0.4) is 0 Å². The van der Waals surface area contributed by atoms with Crippen molar-refractivity contribution in [3.63, 3.8) is 0 Å². The van der Waals surface area contributed by atoms with Crippen molar-refractivity contribution in [1.29, 1.82) is 0 Å². The minimum atomic E-state index is -0.271. The molecule has 3 unspecified atom stereocenters. The van der Waals surface area contributed by atoms with Crippen LogP contribution >= 0.6 is 0 Å². The zero-order chi connectivity index (χ0) is 10.5. The van der Waals surface area contributed by atoms with Crippen LogP contribution in [0.15, 0.2) is 0 Å². The van der Waals surface area contributed by atoms with Crippen LogP contribution in [0.5, 0.6) is 0 Å². The van der Waals surface area contributed by atoms with Crippen LogP contribution in [-0.4, -0.2) is 42.5 Å². The topological polar surface area (TPSA) is 58.4 Å². The Bertz CT molecular complexity index is 288. The van der Waals surface area contributed by atoms with E-state index in [-0.39, 0.29) is 11.4 Å². The lowest BCUT2D eigenvalue weighted by Gasteiger charge is -2.42. The van der Waals surface area contributed by atoms with Crippen LogP contribution in [0.2, 0.25) is 0 Å². The molecule has 1 amide bonds. The Morgan fingerprint density at radius 1 is 1.40 bits per heavy atom. The molecule has 1 saturated heterocycles. The lowest BCUT2D eigenvalue weighted by molar-refractivity contribution is -0.132. The average molecular weight is 209 g/mol. The van der Waals surface area contributed by atoms with Crippen LogP contribution in [-0.2, 0) is 4.79 Å². The van der Waals surface area contributed by atoms with Gasteiger partial charge in [-0.05, 0) is 31.1 Å². The molecule has 0 aromatic rings. The first-order valence-electron chi connectivity index (χ1n) is 6.01. The number of hydrogen-bond donors (Lipinski definition) is 2. The Morgan fingerprint density at radius 3 is 2.60 bits per heavy atom. The fourth-order valence-corrected chi connectivity index (χ4v) is 3.66. The standard InChI is InChI=1S/C11H19N3O/c12-10(15)11(2-1-8-7-9(8)11)14-5-3-13-4-6-14/h8-9,13H,1-7H2,(H2,12,15). The Morgan fingerprint density at radius 2 is 2.13 bits per heavy atom. The monoisotopic (exact) mass is 209 g/mol. The normalized spacial score (nSPS) is 45.1. The zero-order valence-corrected chi connectivity index (χ0v) is 9.04. The first-order valence-corrected chi connectivity index (χ1v) is 6.01. The molecule has 0 spiro atoms. The molecule has 2 aliphatic carbocycles. The fourth-order valence-electron chi connectivity index (χ4n) is 3.66. The van der Waals surface area contributed by atoms with Gasteiger partial charge in [-0.15, -0.1) is 0 Å². The van der Waals surface area contributed by atoms with Crippen LogP contribution in [0.25, 0.3) is 0 Å². The zero-order valence-electron chi connectivity index (χ0n) is 9.04. The van der Waals surface area contributed by atoms with Crippen molar-refractivity contribution < 1.29 is 4.79 Å². The second-order valence-corrected chi connectivity index (χ2v) is 5.17. The van der Waals surface area contributed by atoms with Gasteiger partial charge < -0.3 is 11.1 Å². The number of nitrogens with zero attached hydrogens (tertiary/aromatic N) is 1. The number of piperazine rings is 1. The molecule has 0 aromatic heterocycles. The second-order valence-electron chi connectivity index (χ2n) is 5.17. The van der Waals surface area contributed by atoms with Gasteiger partial charge in [-0.2, -0.15) is 0 Å². The summed E-state index contributed by atoms with van der Waals surface area (Å²) in [6.45, 7) is 3.94. The van der Waals surface area contributed by atoms with Crippen molar-refractivity contribution in [2.75, 3.05) is 26.2 Å². The van der Waals surface area contributed by atoms with E-state index in [0.29, 0.717) is 5.92 Å². The molecule has 3 aliphatic rings. The van der Waals surface area contributed by atoms with Crippen LogP contribution in [0.4, 0.5) is 0 Å².